The summed E-state index contributed by atoms with van der Waals surface area (Å²) in [6, 6.07) is 0. The van der Waals surface area contributed by atoms with Gasteiger partial charge < -0.3 is 0 Å². The molecular weight excluding hydrogens is 456 g/mol. The molecule has 0 nitrogen and oxygen atoms in total. The van der Waals surface area contributed by atoms with Crippen molar-refractivity contribution in [3.63, 3.8) is 0 Å². The highest BCUT2D eigenvalue weighted by atomic mass is 14.6. The van der Waals surface area contributed by atoms with Crippen molar-refractivity contribution in [2.45, 2.75) is 156 Å². The molecule has 0 aromatic heterocycles. The van der Waals surface area contributed by atoms with E-state index in [0.717, 1.165) is 82.9 Å². The molecule has 38 heavy (non-hydrogen) atoms. The van der Waals surface area contributed by atoms with Gasteiger partial charge in [-0.15, -0.1) is 0 Å². The Hall–Kier alpha value is 0. The minimum absolute atomic E-state index is 1.02. The van der Waals surface area contributed by atoms with E-state index in [9.17, 15) is 0 Å². The third-order valence-electron chi connectivity index (χ3n) is 14.7. The Balaban J connectivity index is 1.30. The lowest BCUT2D eigenvalue weighted by molar-refractivity contribution is -0.0940. The number of fused-ring (bicyclic) bond motifs is 2. The second-order valence-corrected chi connectivity index (χ2v) is 16.4. The average molecular weight is 523 g/mol. The molecule has 6 rings (SSSR count). The van der Waals surface area contributed by atoms with Crippen molar-refractivity contribution in [2.24, 2.45) is 82.9 Å². The predicted molar refractivity (Wildman–Crippen MR) is 164 cm³/mol. The topological polar surface area (TPSA) is 0 Å². The summed E-state index contributed by atoms with van der Waals surface area (Å²) in [5, 5.41) is 0. The van der Waals surface area contributed by atoms with E-state index in [-0.39, 0.29) is 0 Å². The Morgan fingerprint density at radius 3 is 1.82 bits per heavy atom. The van der Waals surface area contributed by atoms with Crippen molar-refractivity contribution in [2.75, 3.05) is 0 Å². The molecule has 0 spiro atoms. The third-order valence-corrected chi connectivity index (χ3v) is 14.7. The zero-order chi connectivity index (χ0) is 26.2. The van der Waals surface area contributed by atoms with E-state index in [1.165, 1.54) is 32.1 Å². The molecular formula is C38H66. The van der Waals surface area contributed by atoms with Gasteiger partial charge in [-0.3, -0.25) is 0 Å². The van der Waals surface area contributed by atoms with Crippen LogP contribution in [0.1, 0.15) is 156 Å². The molecule has 6 aliphatic rings. The van der Waals surface area contributed by atoms with Crippen LogP contribution in [0.2, 0.25) is 0 Å². The van der Waals surface area contributed by atoms with Gasteiger partial charge in [0.1, 0.15) is 0 Å². The van der Waals surface area contributed by atoms with Crippen LogP contribution < -0.4 is 0 Å². The summed E-state index contributed by atoms with van der Waals surface area (Å²) in [6.07, 6.45) is 31.2. The molecule has 0 amide bonds. The molecule has 0 aromatic rings. The van der Waals surface area contributed by atoms with Crippen molar-refractivity contribution in [1.29, 1.82) is 0 Å². The van der Waals surface area contributed by atoms with Crippen molar-refractivity contribution in [3.8, 4) is 0 Å². The van der Waals surface area contributed by atoms with Gasteiger partial charge >= 0.3 is 0 Å². The summed E-state index contributed by atoms with van der Waals surface area (Å²) < 4.78 is 0. The van der Waals surface area contributed by atoms with E-state index < -0.39 is 0 Å². The Kier molecular flexibility index (Phi) is 9.24. The lowest BCUT2D eigenvalue weighted by Crippen LogP contribution is -2.52. The van der Waals surface area contributed by atoms with Gasteiger partial charge in [-0.2, -0.15) is 0 Å². The van der Waals surface area contributed by atoms with Crippen LogP contribution in [-0.4, -0.2) is 0 Å². The number of hydrogen-bond acceptors (Lipinski definition) is 0. The van der Waals surface area contributed by atoms with Gasteiger partial charge in [-0.25, -0.2) is 0 Å². The minimum Gasteiger partial charge on any atom is -0.0654 e. The minimum atomic E-state index is 1.02. The van der Waals surface area contributed by atoms with E-state index in [0.29, 0.717) is 0 Å². The summed E-state index contributed by atoms with van der Waals surface area (Å²) in [5.41, 5.74) is 0. The van der Waals surface area contributed by atoms with Crippen molar-refractivity contribution in [1.82, 2.24) is 0 Å². The lowest BCUT2D eigenvalue weighted by Gasteiger charge is -2.58. The maximum Gasteiger partial charge on any atom is -0.0321 e. The van der Waals surface area contributed by atoms with Gasteiger partial charge in [-0.1, -0.05) is 105 Å². The summed E-state index contributed by atoms with van der Waals surface area (Å²) in [7, 11) is 0. The van der Waals surface area contributed by atoms with Gasteiger partial charge in [0.25, 0.3) is 0 Å². The van der Waals surface area contributed by atoms with Gasteiger partial charge in [0, 0.05) is 0 Å². The standard InChI is InChI=1S/C38H66/c1-5-7-17-30(27(6-2)24-36(35-23-26(35)4)28-15-8-9-16-28)38-32-19-11-10-18-31(32)37(29-20-12-14-25(29)3)33-21-13-22-34(33)38/h25-38H,5-24H2,1-4H3. The van der Waals surface area contributed by atoms with E-state index in [2.05, 4.69) is 27.7 Å². The molecule has 0 aromatic carbocycles. The highest BCUT2D eigenvalue weighted by Gasteiger charge is 2.57. The van der Waals surface area contributed by atoms with Crippen LogP contribution in [0.5, 0.6) is 0 Å². The second-order valence-electron chi connectivity index (χ2n) is 16.4. The molecule has 6 fully saturated rings. The lowest BCUT2D eigenvalue weighted by atomic mass is 9.47. The van der Waals surface area contributed by atoms with Gasteiger partial charge in [0.15, 0.2) is 0 Å². The number of hydrogen-bond donors (Lipinski definition) is 0. The first-order chi connectivity index (χ1) is 18.6. The SMILES string of the molecule is CCCCC(C(CC)CC(C1CCCC1)C1CC1C)C1C2CCCCC2C(C2CCCC2C)C2CCCC21. The maximum atomic E-state index is 2.66. The number of rotatable bonds is 11. The van der Waals surface area contributed by atoms with Crippen LogP contribution in [0.4, 0.5) is 0 Å². The Morgan fingerprint density at radius 1 is 0.632 bits per heavy atom. The fraction of sp³-hybridized carbons (Fsp3) is 1.00. The molecule has 0 heterocycles. The first-order valence-corrected chi connectivity index (χ1v) is 18.6. The molecule has 0 heteroatoms. The third kappa shape index (κ3) is 5.44. The summed E-state index contributed by atoms with van der Waals surface area (Å²) in [5.74, 6) is 15.1. The van der Waals surface area contributed by atoms with Crippen LogP contribution in [0.3, 0.4) is 0 Å². The van der Waals surface area contributed by atoms with E-state index in [4.69, 9.17) is 0 Å². The van der Waals surface area contributed by atoms with Crippen molar-refractivity contribution >= 4 is 0 Å². The summed E-state index contributed by atoms with van der Waals surface area (Å²) in [6.45, 7) is 10.3. The van der Waals surface area contributed by atoms with Gasteiger partial charge in [0.05, 0.1) is 0 Å². The Labute approximate surface area is 238 Å². The first kappa shape index (κ1) is 28.1. The molecule has 218 valence electrons. The average Bonchev–Trinajstić information content (AvgIpc) is 3.38. The predicted octanol–water partition coefficient (Wildman–Crippen LogP) is 11.6. The highest BCUT2D eigenvalue weighted by Crippen LogP contribution is 2.64. The molecule has 13 unspecified atom stereocenters. The monoisotopic (exact) mass is 523 g/mol. The van der Waals surface area contributed by atoms with Crippen molar-refractivity contribution < 1.29 is 0 Å². The largest absolute Gasteiger partial charge is 0.0654 e. The zero-order valence-electron chi connectivity index (χ0n) is 26.2. The molecule has 13 atom stereocenters. The van der Waals surface area contributed by atoms with Gasteiger partial charge in [0.2, 0.25) is 0 Å². The van der Waals surface area contributed by atoms with Crippen molar-refractivity contribution in [3.05, 3.63) is 0 Å². The van der Waals surface area contributed by atoms with Crippen LogP contribution >= 0.6 is 0 Å². The summed E-state index contributed by atoms with van der Waals surface area (Å²) in [4.78, 5) is 0. The molecule has 0 bridgehead atoms. The molecule has 6 aliphatic carbocycles. The highest BCUT2D eigenvalue weighted by molar-refractivity contribution is 5.06. The molecule has 0 aliphatic heterocycles. The normalized spacial score (nSPS) is 45.5. The molecule has 0 saturated heterocycles. The zero-order valence-corrected chi connectivity index (χ0v) is 26.2. The fourth-order valence-corrected chi connectivity index (χ4v) is 13.0. The first-order valence-electron chi connectivity index (χ1n) is 18.6. The maximum absolute atomic E-state index is 2.66. The van der Waals surface area contributed by atoms with Crippen LogP contribution in [0.25, 0.3) is 0 Å². The van der Waals surface area contributed by atoms with E-state index in [1.54, 1.807) is 96.3 Å². The van der Waals surface area contributed by atoms with Crippen LogP contribution in [0, 0.1) is 82.9 Å². The quantitative estimate of drug-likeness (QED) is 0.253. The Bertz CT molecular complexity index is 732. The van der Waals surface area contributed by atoms with E-state index in [1.807, 2.05) is 0 Å². The van der Waals surface area contributed by atoms with E-state index >= 15 is 0 Å². The second kappa shape index (κ2) is 12.5. The fourth-order valence-electron chi connectivity index (χ4n) is 13.0. The smallest absolute Gasteiger partial charge is 0.0321 e. The number of unbranched alkanes of at least 4 members (excludes halogenated alkanes) is 1. The molecule has 0 radical (unpaired) electrons. The van der Waals surface area contributed by atoms with Gasteiger partial charge in [-0.05, 0) is 134 Å². The molecule has 0 N–H and O–H groups in total. The molecule has 6 saturated carbocycles. The van der Waals surface area contributed by atoms with Crippen LogP contribution in [-0.2, 0) is 0 Å². The Morgan fingerprint density at radius 2 is 1.21 bits per heavy atom. The van der Waals surface area contributed by atoms with Crippen LogP contribution in [0.15, 0.2) is 0 Å². The summed E-state index contributed by atoms with van der Waals surface area (Å²) >= 11 is 0.